The number of ether oxygens (including phenoxy) is 1. The van der Waals surface area contributed by atoms with Crippen molar-refractivity contribution in [1.82, 2.24) is 19.8 Å². The van der Waals surface area contributed by atoms with E-state index in [0.717, 1.165) is 30.2 Å². The molecule has 0 spiro atoms. The van der Waals surface area contributed by atoms with Gasteiger partial charge < -0.3 is 19.5 Å². The number of benzene rings is 1. The second kappa shape index (κ2) is 9.05. The number of nitrogens with one attached hydrogen (secondary N) is 1. The summed E-state index contributed by atoms with van der Waals surface area (Å²) in [6, 6.07) is 7.89. The fraction of sp³-hybridized carbons (Fsp3) is 0.474. The van der Waals surface area contributed by atoms with E-state index in [1.807, 2.05) is 47.0 Å². The number of amides is 1. The van der Waals surface area contributed by atoms with Crippen molar-refractivity contribution in [3.8, 4) is 5.75 Å². The highest BCUT2D eigenvalue weighted by Crippen LogP contribution is 2.30. The Kier molecular flexibility index (Phi) is 7.06. The monoisotopic (exact) mass is 378 g/mol. The second-order valence-electron chi connectivity index (χ2n) is 6.55. The Hall–Kier alpha value is -2.05. The smallest absolute Gasteiger partial charge is 0.223 e. The van der Waals surface area contributed by atoms with Crippen LogP contribution in [0.3, 0.4) is 0 Å². The summed E-state index contributed by atoms with van der Waals surface area (Å²) in [6.07, 6.45) is 4.16. The molecule has 0 aliphatic carbocycles. The molecule has 1 aromatic heterocycles. The number of hydrogen-bond donors (Lipinski definition) is 1. The van der Waals surface area contributed by atoms with Crippen molar-refractivity contribution in [1.29, 1.82) is 0 Å². The van der Waals surface area contributed by atoms with E-state index in [2.05, 4.69) is 17.2 Å². The molecule has 1 N–H and O–H groups in total. The SMILES string of the molecule is COc1ccccc1C(C)CC(=O)N1CCNCC1c1nccn1C.Cl. The Morgan fingerprint density at radius 3 is 2.88 bits per heavy atom. The number of imidazole rings is 1. The first kappa shape index (κ1) is 20.3. The Balaban J connectivity index is 0.00000243. The van der Waals surface area contributed by atoms with E-state index in [0.29, 0.717) is 13.0 Å². The number of nitrogens with zero attached hydrogens (tertiary/aromatic N) is 3. The van der Waals surface area contributed by atoms with Crippen LogP contribution < -0.4 is 10.1 Å². The maximum absolute atomic E-state index is 13.0. The number of piperazine rings is 1. The predicted molar refractivity (Wildman–Crippen MR) is 104 cm³/mol. The van der Waals surface area contributed by atoms with Crippen LogP contribution in [0.1, 0.15) is 36.7 Å². The summed E-state index contributed by atoms with van der Waals surface area (Å²) in [5, 5.41) is 3.37. The molecule has 2 atom stereocenters. The van der Waals surface area contributed by atoms with Crippen molar-refractivity contribution in [3.05, 3.63) is 48.0 Å². The molecule has 6 nitrogen and oxygen atoms in total. The van der Waals surface area contributed by atoms with E-state index in [1.165, 1.54) is 0 Å². The lowest BCUT2D eigenvalue weighted by molar-refractivity contribution is -0.135. The highest BCUT2D eigenvalue weighted by molar-refractivity contribution is 5.85. The van der Waals surface area contributed by atoms with Crippen molar-refractivity contribution >= 4 is 18.3 Å². The number of aryl methyl sites for hydroxylation is 1. The van der Waals surface area contributed by atoms with Crippen LogP contribution in [0.4, 0.5) is 0 Å². The molecule has 2 aromatic rings. The Morgan fingerprint density at radius 1 is 1.42 bits per heavy atom. The molecule has 1 amide bonds. The average molecular weight is 379 g/mol. The fourth-order valence-electron chi connectivity index (χ4n) is 3.49. The number of hydrogen-bond acceptors (Lipinski definition) is 4. The molecular formula is C19H27ClN4O2. The lowest BCUT2D eigenvalue weighted by Crippen LogP contribution is -2.49. The molecule has 1 fully saturated rings. The lowest BCUT2D eigenvalue weighted by Gasteiger charge is -2.36. The third-order valence-corrected chi connectivity index (χ3v) is 4.87. The molecule has 3 rings (SSSR count). The minimum atomic E-state index is -0.0221. The van der Waals surface area contributed by atoms with E-state index in [-0.39, 0.29) is 30.3 Å². The van der Waals surface area contributed by atoms with Crippen molar-refractivity contribution in [2.45, 2.75) is 25.3 Å². The highest BCUT2D eigenvalue weighted by atomic mass is 35.5. The summed E-state index contributed by atoms with van der Waals surface area (Å²) >= 11 is 0. The minimum Gasteiger partial charge on any atom is -0.496 e. The molecule has 1 aromatic carbocycles. The first-order valence-corrected chi connectivity index (χ1v) is 8.72. The summed E-state index contributed by atoms with van der Waals surface area (Å²) in [5.74, 6) is 2.02. The van der Waals surface area contributed by atoms with Gasteiger partial charge in [-0.15, -0.1) is 12.4 Å². The van der Waals surface area contributed by atoms with E-state index in [1.54, 1.807) is 13.3 Å². The largest absolute Gasteiger partial charge is 0.496 e. The van der Waals surface area contributed by atoms with Gasteiger partial charge in [0.25, 0.3) is 0 Å². The Bertz CT molecular complexity index is 734. The number of halogens is 1. The second-order valence-corrected chi connectivity index (χ2v) is 6.55. The molecule has 26 heavy (non-hydrogen) atoms. The Morgan fingerprint density at radius 2 is 2.19 bits per heavy atom. The molecule has 142 valence electrons. The van der Waals surface area contributed by atoms with Crippen LogP contribution in [-0.2, 0) is 11.8 Å². The van der Waals surface area contributed by atoms with Crippen molar-refractivity contribution < 1.29 is 9.53 Å². The lowest BCUT2D eigenvalue weighted by atomic mass is 9.95. The van der Waals surface area contributed by atoms with Gasteiger partial charge in [0.05, 0.1) is 7.11 Å². The van der Waals surface area contributed by atoms with Gasteiger partial charge in [-0.1, -0.05) is 25.1 Å². The van der Waals surface area contributed by atoms with Crippen molar-refractivity contribution in [2.24, 2.45) is 7.05 Å². The maximum Gasteiger partial charge on any atom is 0.223 e. The van der Waals surface area contributed by atoms with E-state index >= 15 is 0 Å². The molecule has 2 unspecified atom stereocenters. The third kappa shape index (κ3) is 4.19. The summed E-state index contributed by atoms with van der Waals surface area (Å²) in [5.41, 5.74) is 1.07. The van der Waals surface area contributed by atoms with Crippen LogP contribution in [0.5, 0.6) is 5.75 Å². The van der Waals surface area contributed by atoms with Gasteiger partial charge in [0.1, 0.15) is 17.6 Å². The van der Waals surface area contributed by atoms with Gasteiger partial charge in [0.2, 0.25) is 5.91 Å². The summed E-state index contributed by atoms with van der Waals surface area (Å²) in [6.45, 7) is 4.33. The minimum absolute atomic E-state index is 0. The zero-order valence-corrected chi connectivity index (χ0v) is 16.3. The van der Waals surface area contributed by atoms with Crippen LogP contribution in [-0.4, -0.2) is 47.1 Å². The van der Waals surface area contributed by atoms with Crippen LogP contribution in [0.25, 0.3) is 0 Å². The van der Waals surface area contributed by atoms with Crippen molar-refractivity contribution in [3.63, 3.8) is 0 Å². The number of para-hydroxylation sites is 1. The number of aromatic nitrogens is 2. The average Bonchev–Trinajstić information content (AvgIpc) is 3.07. The predicted octanol–water partition coefficient (Wildman–Crippen LogP) is 2.52. The number of rotatable bonds is 5. The van der Waals surface area contributed by atoms with Gasteiger partial charge in [-0.25, -0.2) is 4.98 Å². The Labute approximate surface area is 161 Å². The van der Waals surface area contributed by atoms with Gasteiger partial charge in [-0.3, -0.25) is 4.79 Å². The molecule has 0 saturated carbocycles. The van der Waals surface area contributed by atoms with Crippen LogP contribution in [0.2, 0.25) is 0 Å². The molecule has 2 heterocycles. The first-order valence-electron chi connectivity index (χ1n) is 8.72. The normalized spacial score (nSPS) is 18.1. The van der Waals surface area contributed by atoms with Gasteiger partial charge in [0, 0.05) is 45.5 Å². The first-order chi connectivity index (χ1) is 12.1. The van der Waals surface area contributed by atoms with Crippen LogP contribution >= 0.6 is 12.4 Å². The van der Waals surface area contributed by atoms with Crippen LogP contribution in [0, 0.1) is 0 Å². The summed E-state index contributed by atoms with van der Waals surface area (Å²) < 4.78 is 7.43. The summed E-state index contributed by atoms with van der Waals surface area (Å²) in [7, 11) is 3.64. The number of carbonyl (C=O) groups is 1. The third-order valence-electron chi connectivity index (χ3n) is 4.87. The van der Waals surface area contributed by atoms with E-state index < -0.39 is 0 Å². The van der Waals surface area contributed by atoms with Gasteiger partial charge in [0.15, 0.2) is 0 Å². The standard InChI is InChI=1S/C19H26N4O2.ClH/c1-14(15-6-4-5-7-17(15)25-3)12-18(24)23-11-8-20-13-16(23)19-21-9-10-22(19)2;/h4-7,9-10,14,16,20H,8,11-13H2,1-3H3;1H. The zero-order valence-electron chi connectivity index (χ0n) is 15.5. The van der Waals surface area contributed by atoms with Crippen LogP contribution in [0.15, 0.2) is 36.7 Å². The van der Waals surface area contributed by atoms with Gasteiger partial charge in [-0.2, -0.15) is 0 Å². The quantitative estimate of drug-likeness (QED) is 0.868. The fourth-order valence-corrected chi connectivity index (χ4v) is 3.49. The summed E-state index contributed by atoms with van der Waals surface area (Å²) in [4.78, 5) is 19.4. The van der Waals surface area contributed by atoms with Gasteiger partial charge >= 0.3 is 0 Å². The number of carbonyl (C=O) groups excluding carboxylic acids is 1. The van der Waals surface area contributed by atoms with E-state index in [4.69, 9.17) is 4.74 Å². The highest BCUT2D eigenvalue weighted by Gasteiger charge is 2.31. The molecule has 7 heteroatoms. The molecule has 1 aliphatic heterocycles. The topological polar surface area (TPSA) is 59.4 Å². The molecule has 0 bridgehead atoms. The van der Waals surface area contributed by atoms with Crippen molar-refractivity contribution in [2.75, 3.05) is 26.7 Å². The molecule has 0 radical (unpaired) electrons. The number of methoxy groups -OCH3 is 1. The van der Waals surface area contributed by atoms with E-state index in [9.17, 15) is 4.79 Å². The molecule has 1 aliphatic rings. The molecule has 1 saturated heterocycles. The van der Waals surface area contributed by atoms with Gasteiger partial charge in [-0.05, 0) is 17.5 Å². The molecular weight excluding hydrogens is 352 g/mol. The maximum atomic E-state index is 13.0. The zero-order chi connectivity index (χ0) is 17.8.